The van der Waals surface area contributed by atoms with Crippen LogP contribution >= 0.6 is 10.7 Å². The molecule has 0 saturated heterocycles. The number of carbonyl (C=O) groups is 1. The van der Waals surface area contributed by atoms with Crippen molar-refractivity contribution in [1.82, 2.24) is 0 Å². The van der Waals surface area contributed by atoms with Gasteiger partial charge < -0.3 is 4.74 Å². The molecule has 0 radical (unpaired) electrons. The van der Waals surface area contributed by atoms with Crippen LogP contribution in [0, 0.1) is 0 Å². The predicted octanol–water partition coefficient (Wildman–Crippen LogP) is 2.64. The summed E-state index contributed by atoms with van der Waals surface area (Å²) in [5.41, 5.74) is -0.479. The minimum Gasteiger partial charge on any atom is -0.459 e. The number of halogens is 1. The lowest BCUT2D eigenvalue weighted by molar-refractivity contribution is -0.154. The molecule has 1 rings (SSSR count). The van der Waals surface area contributed by atoms with E-state index >= 15 is 0 Å². The van der Waals surface area contributed by atoms with Crippen molar-refractivity contribution in [2.45, 2.75) is 31.6 Å². The van der Waals surface area contributed by atoms with Gasteiger partial charge in [-0.15, -0.1) is 0 Å². The quantitative estimate of drug-likeness (QED) is 0.634. The molecule has 100 valence electrons. The number of esters is 1. The highest BCUT2D eigenvalue weighted by atomic mass is 35.7. The molecule has 18 heavy (non-hydrogen) atoms. The Morgan fingerprint density at radius 1 is 1.22 bits per heavy atom. The molecule has 1 unspecified atom stereocenters. The summed E-state index contributed by atoms with van der Waals surface area (Å²) in [6.07, 6.45) is 0. The normalized spacial score (nSPS) is 14.0. The molecule has 1 aromatic carbocycles. The molecular formula is C12H15ClO4S. The van der Waals surface area contributed by atoms with Crippen LogP contribution in [0.25, 0.3) is 0 Å². The second kappa shape index (κ2) is 5.28. The van der Waals surface area contributed by atoms with Crippen LogP contribution in [0.4, 0.5) is 0 Å². The second-order valence-corrected chi connectivity index (χ2v) is 7.51. The van der Waals surface area contributed by atoms with Crippen LogP contribution in [0.5, 0.6) is 0 Å². The lowest BCUT2D eigenvalue weighted by Gasteiger charge is -2.22. The van der Waals surface area contributed by atoms with Crippen molar-refractivity contribution in [3.05, 3.63) is 35.9 Å². The first kappa shape index (κ1) is 15.0. The molecular weight excluding hydrogens is 276 g/mol. The SMILES string of the molecule is CC(C)(C)OC(=O)C(c1ccccc1)S(=O)(=O)Cl. The Hall–Kier alpha value is -1.07. The van der Waals surface area contributed by atoms with E-state index in [4.69, 9.17) is 15.4 Å². The van der Waals surface area contributed by atoms with E-state index in [9.17, 15) is 13.2 Å². The molecule has 0 aliphatic carbocycles. The average molecular weight is 291 g/mol. The first-order valence-electron chi connectivity index (χ1n) is 5.32. The van der Waals surface area contributed by atoms with Crippen LogP contribution in [0.2, 0.25) is 0 Å². The monoisotopic (exact) mass is 290 g/mol. The third kappa shape index (κ3) is 4.31. The topological polar surface area (TPSA) is 60.4 Å². The summed E-state index contributed by atoms with van der Waals surface area (Å²) in [6.45, 7) is 4.98. The van der Waals surface area contributed by atoms with E-state index in [1.54, 1.807) is 39.0 Å². The molecule has 1 atom stereocenters. The third-order valence-electron chi connectivity index (χ3n) is 2.00. The first-order chi connectivity index (χ1) is 8.11. The van der Waals surface area contributed by atoms with Crippen molar-refractivity contribution < 1.29 is 17.9 Å². The van der Waals surface area contributed by atoms with Gasteiger partial charge in [-0.2, -0.15) is 0 Å². The zero-order chi connectivity index (χ0) is 14.0. The molecule has 6 heteroatoms. The summed E-state index contributed by atoms with van der Waals surface area (Å²) < 4.78 is 28.1. The van der Waals surface area contributed by atoms with Gasteiger partial charge in [0.15, 0.2) is 5.25 Å². The summed E-state index contributed by atoms with van der Waals surface area (Å²) in [6, 6.07) is 8.03. The Morgan fingerprint density at radius 2 is 1.72 bits per heavy atom. The Morgan fingerprint density at radius 3 is 2.11 bits per heavy atom. The van der Waals surface area contributed by atoms with E-state index < -0.39 is 25.9 Å². The maximum absolute atomic E-state index is 11.9. The van der Waals surface area contributed by atoms with Crippen molar-refractivity contribution in [3.63, 3.8) is 0 Å². The van der Waals surface area contributed by atoms with Crippen LogP contribution in [-0.4, -0.2) is 20.0 Å². The largest absolute Gasteiger partial charge is 0.459 e. The maximum Gasteiger partial charge on any atom is 0.330 e. The van der Waals surface area contributed by atoms with E-state index in [0.717, 1.165) is 0 Å². The number of ether oxygens (including phenoxy) is 1. The zero-order valence-electron chi connectivity index (χ0n) is 10.4. The smallest absolute Gasteiger partial charge is 0.330 e. The fraction of sp³-hybridized carbons (Fsp3) is 0.417. The van der Waals surface area contributed by atoms with Crippen molar-refractivity contribution in [2.24, 2.45) is 0 Å². The minimum atomic E-state index is -4.09. The highest BCUT2D eigenvalue weighted by molar-refractivity contribution is 8.14. The van der Waals surface area contributed by atoms with Gasteiger partial charge in [0.1, 0.15) is 5.60 Å². The fourth-order valence-electron chi connectivity index (χ4n) is 1.40. The zero-order valence-corrected chi connectivity index (χ0v) is 12.0. The highest BCUT2D eigenvalue weighted by Gasteiger charge is 2.36. The molecule has 0 heterocycles. The van der Waals surface area contributed by atoms with Crippen molar-refractivity contribution in [1.29, 1.82) is 0 Å². The molecule has 4 nitrogen and oxygen atoms in total. The van der Waals surface area contributed by atoms with Crippen LogP contribution in [0.3, 0.4) is 0 Å². The summed E-state index contributed by atoms with van der Waals surface area (Å²) in [4.78, 5) is 11.9. The molecule has 0 aromatic heterocycles. The molecule has 1 aromatic rings. The van der Waals surface area contributed by atoms with Gasteiger partial charge in [-0.1, -0.05) is 30.3 Å². The minimum absolute atomic E-state index is 0.293. The van der Waals surface area contributed by atoms with Gasteiger partial charge in [-0.25, -0.2) is 8.42 Å². The van der Waals surface area contributed by atoms with Crippen LogP contribution < -0.4 is 0 Å². The maximum atomic E-state index is 11.9. The van der Waals surface area contributed by atoms with Gasteiger partial charge in [0, 0.05) is 10.7 Å². The molecule has 0 amide bonds. The molecule has 0 bridgehead atoms. The molecule has 0 N–H and O–H groups in total. The number of carbonyl (C=O) groups excluding carboxylic acids is 1. The average Bonchev–Trinajstić information content (AvgIpc) is 2.13. The van der Waals surface area contributed by atoms with E-state index in [1.807, 2.05) is 0 Å². The summed E-state index contributed by atoms with van der Waals surface area (Å²) in [7, 11) is 1.24. The second-order valence-electron chi connectivity index (χ2n) is 4.80. The van der Waals surface area contributed by atoms with Crippen molar-refractivity contribution in [2.75, 3.05) is 0 Å². The Bertz CT molecular complexity index is 517. The summed E-state index contributed by atoms with van der Waals surface area (Å²) >= 11 is 0. The van der Waals surface area contributed by atoms with Crippen molar-refractivity contribution >= 4 is 25.7 Å². The fourth-order valence-corrected chi connectivity index (χ4v) is 2.68. The van der Waals surface area contributed by atoms with Gasteiger partial charge in [-0.3, -0.25) is 4.79 Å². The van der Waals surface area contributed by atoms with Gasteiger partial charge >= 0.3 is 5.97 Å². The molecule has 0 spiro atoms. The van der Waals surface area contributed by atoms with E-state index in [2.05, 4.69) is 0 Å². The Balaban J connectivity index is 3.13. The van der Waals surface area contributed by atoms with Crippen LogP contribution in [0.1, 0.15) is 31.6 Å². The van der Waals surface area contributed by atoms with Crippen LogP contribution in [0.15, 0.2) is 30.3 Å². The molecule has 0 saturated carbocycles. The van der Waals surface area contributed by atoms with Gasteiger partial charge in [0.25, 0.3) is 9.05 Å². The van der Waals surface area contributed by atoms with Crippen molar-refractivity contribution in [3.8, 4) is 0 Å². The van der Waals surface area contributed by atoms with Gasteiger partial charge in [-0.05, 0) is 26.3 Å². The highest BCUT2D eigenvalue weighted by Crippen LogP contribution is 2.28. The lowest BCUT2D eigenvalue weighted by atomic mass is 10.1. The van der Waals surface area contributed by atoms with E-state index in [-0.39, 0.29) is 0 Å². The lowest BCUT2D eigenvalue weighted by Crippen LogP contribution is -2.30. The Labute approximate surface area is 111 Å². The molecule has 0 aliphatic rings. The van der Waals surface area contributed by atoms with Gasteiger partial charge in [0.2, 0.25) is 0 Å². The molecule has 0 aliphatic heterocycles. The number of benzene rings is 1. The third-order valence-corrected chi connectivity index (χ3v) is 3.57. The number of hydrogen-bond donors (Lipinski definition) is 0. The summed E-state index contributed by atoms with van der Waals surface area (Å²) in [5.74, 6) is -0.872. The number of hydrogen-bond acceptors (Lipinski definition) is 4. The predicted molar refractivity (Wildman–Crippen MR) is 69.8 cm³/mol. The standard InChI is InChI=1S/C12H15ClO4S/c1-12(2,3)17-11(14)10(18(13,15)16)9-7-5-4-6-8-9/h4-8,10H,1-3H3. The number of rotatable bonds is 3. The first-order valence-corrected chi connectivity index (χ1v) is 7.70. The van der Waals surface area contributed by atoms with E-state index in [1.165, 1.54) is 12.1 Å². The van der Waals surface area contributed by atoms with Gasteiger partial charge in [0.05, 0.1) is 0 Å². The Kier molecular flexibility index (Phi) is 4.40. The summed E-state index contributed by atoms with van der Waals surface area (Å²) in [5, 5.41) is -1.50. The van der Waals surface area contributed by atoms with E-state index in [0.29, 0.717) is 5.56 Å². The van der Waals surface area contributed by atoms with Crippen LogP contribution in [-0.2, 0) is 18.6 Å². The molecule has 0 fully saturated rings.